The molecule has 2 atom stereocenters. The van der Waals surface area contributed by atoms with E-state index in [0.717, 1.165) is 28.5 Å². The van der Waals surface area contributed by atoms with Gasteiger partial charge in [-0.25, -0.2) is 0 Å². The van der Waals surface area contributed by atoms with Gasteiger partial charge in [0.05, 0.1) is 31.6 Å². The van der Waals surface area contributed by atoms with Gasteiger partial charge in [-0.15, -0.1) is 0 Å². The summed E-state index contributed by atoms with van der Waals surface area (Å²) in [6, 6.07) is 19.4. The molecule has 4 heterocycles. The number of benzene rings is 1. The summed E-state index contributed by atoms with van der Waals surface area (Å²) in [4.78, 5) is 10.9. The minimum Gasteiger partial charge on any atom is -0.497 e. The molecule has 8 heteroatoms. The zero-order chi connectivity index (χ0) is 22.8. The number of methoxy groups -OCH3 is 2. The average Bonchev–Trinajstić information content (AvgIpc) is 3.49. The van der Waals surface area contributed by atoms with Gasteiger partial charge < -0.3 is 24.3 Å². The summed E-state index contributed by atoms with van der Waals surface area (Å²) in [5, 5.41) is 4.09. The first-order chi connectivity index (χ1) is 16.2. The summed E-state index contributed by atoms with van der Waals surface area (Å²) in [5.41, 5.74) is 3.78. The molecule has 1 aliphatic rings. The normalized spacial score (nSPS) is 17.6. The molecule has 0 radical (unpaired) electrons. The van der Waals surface area contributed by atoms with Gasteiger partial charge in [-0.1, -0.05) is 6.07 Å². The number of anilines is 1. The van der Waals surface area contributed by atoms with Crippen LogP contribution < -0.4 is 19.7 Å². The van der Waals surface area contributed by atoms with E-state index in [0.29, 0.717) is 10.9 Å². The molecule has 1 saturated heterocycles. The number of ether oxygens (including phenoxy) is 2. The number of nitrogens with one attached hydrogen (secondary N) is 1. The van der Waals surface area contributed by atoms with E-state index in [1.165, 1.54) is 0 Å². The maximum absolute atomic E-state index is 5.87. The number of hydrogen-bond donors (Lipinski definition) is 1. The Bertz CT molecular complexity index is 1260. The molecule has 0 spiro atoms. The Hall–Kier alpha value is -3.91. The molecule has 0 aliphatic carbocycles. The Kier molecular flexibility index (Phi) is 5.66. The van der Waals surface area contributed by atoms with E-state index in [-0.39, 0.29) is 12.1 Å². The molecular formula is C25H23N5O2S. The lowest BCUT2D eigenvalue weighted by Crippen LogP contribution is -2.30. The number of hydrogen-bond acceptors (Lipinski definition) is 5. The van der Waals surface area contributed by atoms with E-state index in [4.69, 9.17) is 21.7 Å². The maximum atomic E-state index is 5.87. The zero-order valence-corrected chi connectivity index (χ0v) is 19.1. The van der Waals surface area contributed by atoms with Crippen LogP contribution in [0.4, 0.5) is 5.69 Å². The summed E-state index contributed by atoms with van der Waals surface area (Å²) in [6.45, 7) is 0. The lowest BCUT2D eigenvalue weighted by atomic mass is 10.0. The van der Waals surface area contributed by atoms with E-state index in [1.54, 1.807) is 32.8 Å². The molecule has 1 N–H and O–H groups in total. The largest absolute Gasteiger partial charge is 0.497 e. The standard InChI is InChI=1S/C25H23N5O2S/c1-31-18-8-9-22(32-2)21(16-18)30-24(23(28-25(30)33)19-6-3-4-12-27-19)20-7-5-15-29(20)17-10-13-26-14-11-17/h3-16,23-24H,1-2H3,(H,28,33)/t23-,24+/m1/s1. The van der Waals surface area contributed by atoms with Crippen molar-refractivity contribution in [1.29, 1.82) is 0 Å². The average molecular weight is 458 g/mol. The minimum atomic E-state index is -0.198. The minimum absolute atomic E-state index is 0.176. The van der Waals surface area contributed by atoms with Crippen molar-refractivity contribution in [3.05, 3.63) is 96.8 Å². The number of nitrogens with zero attached hydrogens (tertiary/aromatic N) is 4. The van der Waals surface area contributed by atoms with Gasteiger partial charge in [0.1, 0.15) is 17.5 Å². The molecule has 7 nitrogen and oxygen atoms in total. The lowest BCUT2D eigenvalue weighted by molar-refractivity contribution is 0.402. The van der Waals surface area contributed by atoms with Crippen LogP contribution in [0.2, 0.25) is 0 Å². The van der Waals surface area contributed by atoms with E-state index in [2.05, 4.69) is 30.8 Å². The van der Waals surface area contributed by atoms with Crippen molar-refractivity contribution < 1.29 is 9.47 Å². The smallest absolute Gasteiger partial charge is 0.174 e. The highest BCUT2D eigenvalue weighted by Crippen LogP contribution is 2.45. The SMILES string of the molecule is COc1ccc(OC)c(N2C(=S)N[C@H](c3ccccn3)[C@@H]2c2cccn2-c2ccncc2)c1. The fourth-order valence-corrected chi connectivity index (χ4v) is 4.61. The van der Waals surface area contributed by atoms with Crippen LogP contribution in [0, 0.1) is 0 Å². The Balaban J connectivity index is 1.70. The second-order valence-electron chi connectivity index (χ2n) is 7.54. The van der Waals surface area contributed by atoms with Crippen LogP contribution in [0.5, 0.6) is 11.5 Å². The van der Waals surface area contributed by atoms with Crippen LogP contribution in [0.3, 0.4) is 0 Å². The molecule has 3 aromatic heterocycles. The van der Waals surface area contributed by atoms with Crippen molar-refractivity contribution in [3.8, 4) is 17.2 Å². The number of aromatic nitrogens is 3. The predicted octanol–water partition coefficient (Wildman–Crippen LogP) is 4.46. The molecular weight excluding hydrogens is 434 g/mol. The highest BCUT2D eigenvalue weighted by atomic mass is 32.1. The van der Waals surface area contributed by atoms with Crippen molar-refractivity contribution in [2.75, 3.05) is 19.1 Å². The molecule has 0 amide bonds. The topological polar surface area (TPSA) is 64.4 Å². The lowest BCUT2D eigenvalue weighted by Gasteiger charge is -2.30. The van der Waals surface area contributed by atoms with Crippen LogP contribution in [-0.4, -0.2) is 33.9 Å². The van der Waals surface area contributed by atoms with Crippen molar-refractivity contribution >= 4 is 23.0 Å². The van der Waals surface area contributed by atoms with Crippen LogP contribution >= 0.6 is 12.2 Å². The van der Waals surface area contributed by atoms with Crippen LogP contribution in [0.15, 0.2) is 85.5 Å². The molecule has 1 aromatic carbocycles. The van der Waals surface area contributed by atoms with Gasteiger partial charge in [-0.3, -0.25) is 9.97 Å². The quantitative estimate of drug-likeness (QED) is 0.429. The van der Waals surface area contributed by atoms with E-state index >= 15 is 0 Å². The summed E-state index contributed by atoms with van der Waals surface area (Å²) < 4.78 is 13.4. The van der Waals surface area contributed by atoms with Gasteiger partial charge in [-0.2, -0.15) is 0 Å². The van der Waals surface area contributed by atoms with Gasteiger partial charge in [0.25, 0.3) is 0 Å². The maximum Gasteiger partial charge on any atom is 0.174 e. The van der Waals surface area contributed by atoms with Crippen LogP contribution in [0.1, 0.15) is 23.5 Å². The molecule has 33 heavy (non-hydrogen) atoms. The van der Waals surface area contributed by atoms with Gasteiger partial charge in [-0.05, 0) is 60.7 Å². The summed E-state index contributed by atoms with van der Waals surface area (Å²) in [7, 11) is 3.30. The fourth-order valence-electron chi connectivity index (χ4n) is 4.27. The highest BCUT2D eigenvalue weighted by molar-refractivity contribution is 7.80. The van der Waals surface area contributed by atoms with Crippen molar-refractivity contribution in [2.24, 2.45) is 0 Å². The Morgan fingerprint density at radius 3 is 2.52 bits per heavy atom. The van der Waals surface area contributed by atoms with Crippen molar-refractivity contribution in [1.82, 2.24) is 19.9 Å². The van der Waals surface area contributed by atoms with Gasteiger partial charge in [0, 0.05) is 42.2 Å². The van der Waals surface area contributed by atoms with Crippen LogP contribution in [-0.2, 0) is 0 Å². The zero-order valence-electron chi connectivity index (χ0n) is 18.3. The Morgan fingerprint density at radius 1 is 0.939 bits per heavy atom. The molecule has 4 aromatic rings. The monoisotopic (exact) mass is 457 g/mol. The third-order valence-corrected chi connectivity index (χ3v) is 6.08. The van der Waals surface area contributed by atoms with E-state index in [1.807, 2.05) is 60.8 Å². The highest BCUT2D eigenvalue weighted by Gasteiger charge is 2.43. The van der Waals surface area contributed by atoms with Crippen molar-refractivity contribution in [2.45, 2.75) is 12.1 Å². The number of thiocarbonyl (C=S) groups is 1. The first kappa shape index (κ1) is 21.0. The van der Waals surface area contributed by atoms with Crippen LogP contribution in [0.25, 0.3) is 5.69 Å². The Labute approximate surface area is 197 Å². The van der Waals surface area contributed by atoms with Crippen molar-refractivity contribution in [3.63, 3.8) is 0 Å². The molecule has 0 unspecified atom stereocenters. The van der Waals surface area contributed by atoms with Gasteiger partial charge in [0.2, 0.25) is 0 Å². The molecule has 5 rings (SSSR count). The summed E-state index contributed by atoms with van der Waals surface area (Å²) in [6.07, 6.45) is 7.42. The van der Waals surface area contributed by atoms with E-state index in [9.17, 15) is 0 Å². The van der Waals surface area contributed by atoms with Gasteiger partial charge >= 0.3 is 0 Å². The summed E-state index contributed by atoms with van der Waals surface area (Å²) in [5.74, 6) is 1.42. The molecule has 1 aliphatic heterocycles. The molecule has 166 valence electrons. The number of rotatable bonds is 6. The second-order valence-corrected chi connectivity index (χ2v) is 7.93. The number of pyridine rings is 2. The summed E-state index contributed by atoms with van der Waals surface area (Å²) >= 11 is 5.87. The predicted molar refractivity (Wildman–Crippen MR) is 131 cm³/mol. The van der Waals surface area contributed by atoms with E-state index < -0.39 is 0 Å². The fraction of sp³-hybridized carbons (Fsp3) is 0.160. The Morgan fingerprint density at radius 2 is 1.79 bits per heavy atom. The third-order valence-electron chi connectivity index (χ3n) is 5.77. The first-order valence-electron chi connectivity index (χ1n) is 10.5. The second kappa shape index (κ2) is 8.91. The molecule has 0 bridgehead atoms. The first-order valence-corrected chi connectivity index (χ1v) is 10.9. The molecule has 0 saturated carbocycles. The third kappa shape index (κ3) is 3.78. The van der Waals surface area contributed by atoms with Gasteiger partial charge in [0.15, 0.2) is 5.11 Å². The molecule has 1 fully saturated rings.